The van der Waals surface area contributed by atoms with E-state index in [-0.39, 0.29) is 12.1 Å². The van der Waals surface area contributed by atoms with Gasteiger partial charge in [0, 0.05) is 33.4 Å². The molecule has 0 aliphatic carbocycles. The van der Waals surface area contributed by atoms with Crippen molar-refractivity contribution in [2.75, 3.05) is 57.2 Å². The molecule has 1 aromatic rings. The molecular weight excluding hydrogens is 286 g/mol. The molecular formula is C14H23N5O3. The lowest BCUT2D eigenvalue weighted by molar-refractivity contribution is -0.0555. The summed E-state index contributed by atoms with van der Waals surface area (Å²) in [5.41, 5.74) is 0. The van der Waals surface area contributed by atoms with Crippen molar-refractivity contribution in [1.29, 1.82) is 0 Å². The van der Waals surface area contributed by atoms with E-state index in [4.69, 9.17) is 9.47 Å². The maximum atomic E-state index is 12.3. The number of nitrogens with one attached hydrogen (secondary N) is 1. The predicted molar refractivity (Wildman–Crippen MR) is 83.2 cm³/mol. The van der Waals surface area contributed by atoms with E-state index in [0.29, 0.717) is 38.9 Å². The van der Waals surface area contributed by atoms with Crippen LogP contribution in [0.5, 0.6) is 0 Å². The molecule has 0 radical (unpaired) electrons. The molecule has 8 heteroatoms. The smallest absolute Gasteiger partial charge is 0.324 e. The first-order valence-electron chi connectivity index (χ1n) is 7.35. The van der Waals surface area contributed by atoms with Gasteiger partial charge in [0.15, 0.2) is 0 Å². The van der Waals surface area contributed by atoms with E-state index in [9.17, 15) is 4.79 Å². The molecule has 22 heavy (non-hydrogen) atoms. The third-order valence-electron chi connectivity index (χ3n) is 3.25. The Hall–Kier alpha value is -1.93. The van der Waals surface area contributed by atoms with Crippen molar-refractivity contribution in [3.05, 3.63) is 12.3 Å². The molecule has 2 amide bonds. The number of aromatic nitrogens is 2. The predicted octanol–water partition coefficient (Wildman–Crippen LogP) is 0.812. The highest BCUT2D eigenvalue weighted by molar-refractivity contribution is 5.87. The van der Waals surface area contributed by atoms with Gasteiger partial charge in [0.05, 0.1) is 25.9 Å². The van der Waals surface area contributed by atoms with Gasteiger partial charge in [-0.25, -0.2) is 9.78 Å². The molecule has 2 rings (SSSR count). The number of hydrogen-bond donors (Lipinski definition) is 1. The first-order valence-corrected chi connectivity index (χ1v) is 7.35. The fraction of sp³-hybridized carbons (Fsp3) is 0.643. The molecule has 1 unspecified atom stereocenters. The molecule has 122 valence electrons. The standard InChI is InChI=1S/C14H23N5O3/c1-4-21-10-11-9-19(7-8-22-11)14(20)17-13-15-6-5-12(16-13)18(2)3/h5-6,11H,4,7-10H2,1-3H3,(H,15,16,17,20). The average Bonchev–Trinajstić information content (AvgIpc) is 2.53. The molecule has 0 bridgehead atoms. The Balaban J connectivity index is 1.92. The van der Waals surface area contributed by atoms with Gasteiger partial charge >= 0.3 is 6.03 Å². The number of rotatable bonds is 5. The molecule has 1 N–H and O–H groups in total. The summed E-state index contributed by atoms with van der Waals surface area (Å²) in [6, 6.07) is 1.56. The second-order valence-electron chi connectivity index (χ2n) is 5.16. The van der Waals surface area contributed by atoms with Crippen molar-refractivity contribution in [3.8, 4) is 0 Å². The van der Waals surface area contributed by atoms with Crippen LogP contribution in [0.25, 0.3) is 0 Å². The van der Waals surface area contributed by atoms with E-state index in [1.807, 2.05) is 25.9 Å². The molecule has 0 aromatic carbocycles. The zero-order chi connectivity index (χ0) is 15.9. The lowest BCUT2D eigenvalue weighted by Gasteiger charge is -2.32. The highest BCUT2D eigenvalue weighted by Crippen LogP contribution is 2.11. The number of carbonyl (C=O) groups excluding carboxylic acids is 1. The van der Waals surface area contributed by atoms with Crippen molar-refractivity contribution < 1.29 is 14.3 Å². The monoisotopic (exact) mass is 309 g/mol. The van der Waals surface area contributed by atoms with Crippen LogP contribution >= 0.6 is 0 Å². The largest absolute Gasteiger partial charge is 0.379 e. The second kappa shape index (κ2) is 7.90. The minimum atomic E-state index is -0.222. The highest BCUT2D eigenvalue weighted by Gasteiger charge is 2.24. The lowest BCUT2D eigenvalue weighted by Crippen LogP contribution is -2.48. The van der Waals surface area contributed by atoms with E-state index < -0.39 is 0 Å². The summed E-state index contributed by atoms with van der Waals surface area (Å²) in [6.45, 7) is 4.61. The SMILES string of the molecule is CCOCC1CN(C(=O)Nc2nccc(N(C)C)n2)CCO1. The molecule has 2 heterocycles. The van der Waals surface area contributed by atoms with Gasteiger partial charge < -0.3 is 19.3 Å². The first kappa shape index (κ1) is 16.4. The zero-order valence-corrected chi connectivity index (χ0v) is 13.3. The molecule has 8 nitrogen and oxygen atoms in total. The van der Waals surface area contributed by atoms with Crippen LogP contribution in [-0.4, -0.2) is 74.0 Å². The summed E-state index contributed by atoms with van der Waals surface area (Å²) in [5, 5.41) is 2.73. The summed E-state index contributed by atoms with van der Waals surface area (Å²) in [6.07, 6.45) is 1.53. The van der Waals surface area contributed by atoms with E-state index in [1.165, 1.54) is 0 Å². The van der Waals surface area contributed by atoms with Crippen LogP contribution in [0.2, 0.25) is 0 Å². The lowest BCUT2D eigenvalue weighted by atomic mass is 10.3. The third kappa shape index (κ3) is 4.54. The molecule has 0 spiro atoms. The fourth-order valence-corrected chi connectivity index (χ4v) is 2.09. The maximum absolute atomic E-state index is 12.3. The normalized spacial score (nSPS) is 18.1. The summed E-state index contributed by atoms with van der Waals surface area (Å²) in [5.74, 6) is 1.03. The number of carbonyl (C=O) groups is 1. The molecule has 1 aliphatic heterocycles. The number of ether oxygens (including phenoxy) is 2. The third-order valence-corrected chi connectivity index (χ3v) is 3.25. The van der Waals surface area contributed by atoms with Gasteiger partial charge in [-0.2, -0.15) is 4.98 Å². The van der Waals surface area contributed by atoms with Crippen molar-refractivity contribution in [1.82, 2.24) is 14.9 Å². The fourth-order valence-electron chi connectivity index (χ4n) is 2.09. The van der Waals surface area contributed by atoms with Crippen LogP contribution in [-0.2, 0) is 9.47 Å². The van der Waals surface area contributed by atoms with Crippen LogP contribution in [0, 0.1) is 0 Å². The Morgan fingerprint density at radius 1 is 1.59 bits per heavy atom. The van der Waals surface area contributed by atoms with Crippen LogP contribution in [0.15, 0.2) is 12.3 Å². The second-order valence-corrected chi connectivity index (χ2v) is 5.16. The number of morpholine rings is 1. The van der Waals surface area contributed by atoms with Gasteiger partial charge in [-0.15, -0.1) is 0 Å². The highest BCUT2D eigenvalue weighted by atomic mass is 16.5. The molecule has 1 saturated heterocycles. The van der Waals surface area contributed by atoms with E-state index in [2.05, 4.69) is 15.3 Å². The van der Waals surface area contributed by atoms with Crippen molar-refractivity contribution in [3.63, 3.8) is 0 Å². The van der Waals surface area contributed by atoms with Crippen LogP contribution in [0.3, 0.4) is 0 Å². The van der Waals surface area contributed by atoms with Crippen LogP contribution in [0.1, 0.15) is 6.92 Å². The van der Waals surface area contributed by atoms with Crippen molar-refractivity contribution in [2.45, 2.75) is 13.0 Å². The van der Waals surface area contributed by atoms with Gasteiger partial charge in [0.1, 0.15) is 5.82 Å². The van der Waals surface area contributed by atoms with Gasteiger partial charge in [-0.05, 0) is 13.0 Å². The number of nitrogens with zero attached hydrogens (tertiary/aromatic N) is 4. The van der Waals surface area contributed by atoms with Gasteiger partial charge in [-0.1, -0.05) is 0 Å². The van der Waals surface area contributed by atoms with Gasteiger partial charge in [0.25, 0.3) is 0 Å². The summed E-state index contributed by atoms with van der Waals surface area (Å²) >= 11 is 0. The van der Waals surface area contributed by atoms with Crippen molar-refractivity contribution in [2.24, 2.45) is 0 Å². The van der Waals surface area contributed by atoms with Gasteiger partial charge in [-0.3, -0.25) is 5.32 Å². The minimum absolute atomic E-state index is 0.0894. The van der Waals surface area contributed by atoms with Crippen molar-refractivity contribution >= 4 is 17.8 Å². The summed E-state index contributed by atoms with van der Waals surface area (Å²) in [7, 11) is 3.77. The molecule has 1 atom stereocenters. The molecule has 1 aliphatic rings. The van der Waals surface area contributed by atoms with E-state index in [0.717, 1.165) is 5.82 Å². The van der Waals surface area contributed by atoms with E-state index >= 15 is 0 Å². The zero-order valence-electron chi connectivity index (χ0n) is 13.3. The Labute approximate surface area is 130 Å². The Morgan fingerprint density at radius 3 is 3.14 bits per heavy atom. The molecule has 1 aromatic heterocycles. The summed E-state index contributed by atoms with van der Waals surface area (Å²) in [4.78, 5) is 24.2. The number of anilines is 2. The number of urea groups is 1. The number of hydrogen-bond acceptors (Lipinski definition) is 6. The Kier molecular flexibility index (Phi) is 5.91. The van der Waals surface area contributed by atoms with E-state index in [1.54, 1.807) is 17.2 Å². The quantitative estimate of drug-likeness (QED) is 0.867. The topological polar surface area (TPSA) is 79.8 Å². The number of amides is 2. The Bertz CT molecular complexity index is 497. The molecule has 1 fully saturated rings. The van der Waals surface area contributed by atoms with Crippen LogP contribution < -0.4 is 10.2 Å². The summed E-state index contributed by atoms with van der Waals surface area (Å²) < 4.78 is 10.9. The first-order chi connectivity index (χ1) is 10.6. The maximum Gasteiger partial charge on any atom is 0.324 e. The van der Waals surface area contributed by atoms with Crippen LogP contribution in [0.4, 0.5) is 16.6 Å². The minimum Gasteiger partial charge on any atom is -0.379 e. The molecule has 0 saturated carbocycles. The average molecular weight is 309 g/mol. The van der Waals surface area contributed by atoms with Gasteiger partial charge in [0.2, 0.25) is 5.95 Å². The Morgan fingerprint density at radius 2 is 2.41 bits per heavy atom.